The van der Waals surface area contributed by atoms with Gasteiger partial charge in [-0.2, -0.15) is 17.5 Å². The maximum absolute atomic E-state index is 13.1. The molecule has 2 aromatic carbocycles. The molecule has 0 atom stereocenters. The lowest BCUT2D eigenvalue weighted by molar-refractivity contribution is -0.137. The zero-order chi connectivity index (χ0) is 23.4. The predicted molar refractivity (Wildman–Crippen MR) is 107 cm³/mol. The largest absolute Gasteiger partial charge is 0.465 e. The fourth-order valence-electron chi connectivity index (χ4n) is 2.88. The number of methoxy groups -OCH3 is 1. The molecule has 1 N–H and O–H groups in total. The van der Waals surface area contributed by atoms with Crippen LogP contribution in [0.1, 0.15) is 28.4 Å². The van der Waals surface area contributed by atoms with Crippen molar-refractivity contribution >= 4 is 27.6 Å². The zero-order valence-electron chi connectivity index (χ0n) is 17.0. The Morgan fingerprint density at radius 2 is 1.77 bits per heavy atom. The number of para-hydroxylation sites is 1. The quantitative estimate of drug-likeness (QED) is 0.642. The van der Waals surface area contributed by atoms with E-state index in [4.69, 9.17) is 0 Å². The molecule has 0 saturated heterocycles. The van der Waals surface area contributed by atoms with E-state index in [0.29, 0.717) is 0 Å². The number of alkyl halides is 3. The number of nitrogens with zero attached hydrogens (tertiary/aromatic N) is 1. The highest BCUT2D eigenvalue weighted by Crippen LogP contribution is 2.34. The molecule has 7 nitrogen and oxygen atoms in total. The number of benzene rings is 2. The molecule has 0 fully saturated rings. The molecular formula is C20H21F3N2O5S. The van der Waals surface area contributed by atoms with E-state index in [0.717, 1.165) is 16.4 Å². The highest BCUT2D eigenvalue weighted by atomic mass is 32.2. The van der Waals surface area contributed by atoms with Crippen LogP contribution < -0.4 is 5.32 Å². The first-order valence-electron chi connectivity index (χ1n) is 9.07. The summed E-state index contributed by atoms with van der Waals surface area (Å²) in [6.45, 7) is 2.18. The van der Waals surface area contributed by atoms with Gasteiger partial charge < -0.3 is 10.1 Å². The average Bonchev–Trinajstić information content (AvgIpc) is 2.70. The van der Waals surface area contributed by atoms with Crippen LogP contribution in [0.5, 0.6) is 0 Å². The standard InChI is InChI=1S/C20H21F3N2O5S/c1-4-25(12-18(26)24-16-8-6-5-7-15(16)20(21,22)23)31(28,29)17-10-9-14(11-13(17)2)19(27)30-3/h5-11H,4,12H2,1-3H3,(H,24,26). The fraction of sp³-hybridized carbons (Fsp3) is 0.300. The number of ether oxygens (including phenoxy) is 1. The number of carbonyl (C=O) groups is 2. The Balaban J connectivity index is 2.27. The number of sulfonamides is 1. The first-order valence-corrected chi connectivity index (χ1v) is 10.5. The molecule has 0 aromatic heterocycles. The van der Waals surface area contributed by atoms with E-state index in [2.05, 4.69) is 10.1 Å². The summed E-state index contributed by atoms with van der Waals surface area (Å²) in [6.07, 6.45) is -4.68. The number of anilines is 1. The summed E-state index contributed by atoms with van der Waals surface area (Å²) in [5.41, 5.74) is -1.09. The molecule has 0 saturated carbocycles. The summed E-state index contributed by atoms with van der Waals surface area (Å²) in [5.74, 6) is -1.56. The van der Waals surface area contributed by atoms with Crippen LogP contribution in [0.4, 0.5) is 18.9 Å². The van der Waals surface area contributed by atoms with Gasteiger partial charge in [-0.1, -0.05) is 19.1 Å². The number of rotatable bonds is 7. The molecule has 0 aliphatic heterocycles. The number of carbonyl (C=O) groups excluding carboxylic acids is 2. The maximum atomic E-state index is 13.1. The van der Waals surface area contributed by atoms with Crippen LogP contribution in [0, 0.1) is 6.92 Å². The van der Waals surface area contributed by atoms with E-state index in [1.54, 1.807) is 0 Å². The van der Waals surface area contributed by atoms with Gasteiger partial charge in [-0.15, -0.1) is 0 Å². The van der Waals surface area contributed by atoms with Crippen LogP contribution in [0.25, 0.3) is 0 Å². The van der Waals surface area contributed by atoms with Crippen LogP contribution in [0.2, 0.25) is 0 Å². The first-order chi connectivity index (χ1) is 14.4. The maximum Gasteiger partial charge on any atom is 0.418 e. The third kappa shape index (κ3) is 5.61. The molecule has 0 unspecified atom stereocenters. The van der Waals surface area contributed by atoms with Crippen molar-refractivity contribution in [1.82, 2.24) is 4.31 Å². The number of hydrogen-bond donors (Lipinski definition) is 1. The minimum atomic E-state index is -4.68. The molecular weight excluding hydrogens is 437 g/mol. The van der Waals surface area contributed by atoms with E-state index < -0.39 is 45.9 Å². The molecule has 0 aliphatic carbocycles. The first kappa shape index (κ1) is 24.4. The summed E-state index contributed by atoms with van der Waals surface area (Å²) < 4.78 is 70.7. The SMILES string of the molecule is CCN(CC(=O)Nc1ccccc1C(F)(F)F)S(=O)(=O)c1ccc(C(=O)OC)cc1C. The summed E-state index contributed by atoms with van der Waals surface area (Å²) in [5, 5.41) is 2.13. The van der Waals surface area contributed by atoms with Crippen molar-refractivity contribution in [2.45, 2.75) is 24.9 Å². The molecule has 168 valence electrons. The number of hydrogen-bond acceptors (Lipinski definition) is 5. The minimum Gasteiger partial charge on any atom is -0.465 e. The third-order valence-electron chi connectivity index (χ3n) is 4.39. The van der Waals surface area contributed by atoms with Crippen molar-refractivity contribution < 1.29 is 35.9 Å². The van der Waals surface area contributed by atoms with E-state index in [9.17, 15) is 31.2 Å². The van der Waals surface area contributed by atoms with Gasteiger partial charge in [0, 0.05) is 6.54 Å². The van der Waals surface area contributed by atoms with Crippen molar-refractivity contribution in [2.75, 3.05) is 25.5 Å². The van der Waals surface area contributed by atoms with E-state index in [-0.39, 0.29) is 22.6 Å². The monoisotopic (exact) mass is 458 g/mol. The second-order valence-electron chi connectivity index (χ2n) is 6.49. The van der Waals surface area contributed by atoms with Gasteiger partial charge >= 0.3 is 12.1 Å². The van der Waals surface area contributed by atoms with Crippen molar-refractivity contribution in [1.29, 1.82) is 0 Å². The molecule has 0 heterocycles. The summed E-state index contributed by atoms with van der Waals surface area (Å²) in [7, 11) is -2.97. The van der Waals surface area contributed by atoms with Crippen molar-refractivity contribution in [3.63, 3.8) is 0 Å². The average molecular weight is 458 g/mol. The Hall–Kier alpha value is -2.92. The third-order valence-corrected chi connectivity index (χ3v) is 6.47. The fourth-order valence-corrected chi connectivity index (χ4v) is 4.49. The Labute approximate surface area is 177 Å². The predicted octanol–water partition coefficient (Wildman–Crippen LogP) is 3.45. The van der Waals surface area contributed by atoms with Crippen molar-refractivity contribution in [3.8, 4) is 0 Å². The molecule has 1 amide bonds. The second-order valence-corrected chi connectivity index (χ2v) is 8.40. The second kappa shape index (κ2) is 9.48. The van der Waals surface area contributed by atoms with Crippen molar-refractivity contribution in [2.24, 2.45) is 0 Å². The lowest BCUT2D eigenvalue weighted by Crippen LogP contribution is -2.38. The number of amides is 1. The summed E-state index contributed by atoms with van der Waals surface area (Å²) in [6, 6.07) is 8.24. The lowest BCUT2D eigenvalue weighted by Gasteiger charge is -2.22. The highest BCUT2D eigenvalue weighted by molar-refractivity contribution is 7.89. The molecule has 2 aromatic rings. The Morgan fingerprint density at radius 3 is 2.32 bits per heavy atom. The van der Waals surface area contributed by atoms with Crippen LogP contribution in [0.15, 0.2) is 47.4 Å². The lowest BCUT2D eigenvalue weighted by atomic mass is 10.1. The zero-order valence-corrected chi connectivity index (χ0v) is 17.8. The van der Waals surface area contributed by atoms with Gasteiger partial charge in [0.15, 0.2) is 0 Å². The topological polar surface area (TPSA) is 92.8 Å². The minimum absolute atomic E-state index is 0.102. The van der Waals surface area contributed by atoms with Gasteiger partial charge in [0.05, 0.1) is 35.4 Å². The van der Waals surface area contributed by atoms with Crippen LogP contribution >= 0.6 is 0 Å². The molecule has 2 rings (SSSR count). The van der Waals surface area contributed by atoms with Gasteiger partial charge in [0.1, 0.15) is 0 Å². The summed E-state index contributed by atoms with van der Waals surface area (Å²) in [4.78, 5) is 23.8. The Kier molecular flexibility index (Phi) is 7.45. The van der Waals surface area contributed by atoms with Gasteiger partial charge in [-0.25, -0.2) is 13.2 Å². The molecule has 0 aliphatic rings. The molecule has 11 heteroatoms. The van der Waals surface area contributed by atoms with Crippen LogP contribution in [-0.2, 0) is 25.7 Å². The number of halogens is 3. The molecule has 0 radical (unpaired) electrons. The van der Waals surface area contributed by atoms with E-state index in [1.165, 1.54) is 51.3 Å². The van der Waals surface area contributed by atoms with Gasteiger partial charge in [0.25, 0.3) is 0 Å². The van der Waals surface area contributed by atoms with Crippen LogP contribution in [-0.4, -0.2) is 44.8 Å². The number of aryl methyl sites for hydroxylation is 1. The normalized spacial score (nSPS) is 12.0. The Bertz CT molecular complexity index is 1080. The number of likely N-dealkylation sites (N-methyl/N-ethyl adjacent to an activating group) is 1. The smallest absolute Gasteiger partial charge is 0.418 e. The summed E-state index contributed by atoms with van der Waals surface area (Å²) >= 11 is 0. The van der Waals surface area contributed by atoms with Crippen LogP contribution in [0.3, 0.4) is 0 Å². The number of nitrogens with one attached hydrogen (secondary N) is 1. The molecule has 0 spiro atoms. The van der Waals surface area contributed by atoms with E-state index >= 15 is 0 Å². The van der Waals surface area contributed by atoms with Gasteiger partial charge in [-0.05, 0) is 42.8 Å². The van der Waals surface area contributed by atoms with Gasteiger partial charge in [0.2, 0.25) is 15.9 Å². The molecule has 31 heavy (non-hydrogen) atoms. The number of esters is 1. The Morgan fingerprint density at radius 1 is 1.13 bits per heavy atom. The van der Waals surface area contributed by atoms with Gasteiger partial charge in [-0.3, -0.25) is 4.79 Å². The highest BCUT2D eigenvalue weighted by Gasteiger charge is 2.34. The van der Waals surface area contributed by atoms with E-state index in [1.807, 2.05) is 0 Å². The van der Waals surface area contributed by atoms with Crippen molar-refractivity contribution in [3.05, 3.63) is 59.2 Å². The molecule has 0 bridgehead atoms.